The second kappa shape index (κ2) is 30.6. The quantitative estimate of drug-likeness (QED) is 0.137. The Balaban J connectivity index is 0.000000252. The van der Waals surface area contributed by atoms with Crippen LogP contribution in [-0.2, 0) is 40.2 Å². The third-order valence-corrected chi connectivity index (χ3v) is 22.3. The Bertz CT molecular complexity index is 2950. The van der Waals surface area contributed by atoms with Crippen molar-refractivity contribution in [3.63, 3.8) is 0 Å². The summed E-state index contributed by atoms with van der Waals surface area (Å²) >= 11 is 0. The first-order chi connectivity index (χ1) is 42.9. The van der Waals surface area contributed by atoms with Gasteiger partial charge in [0.1, 0.15) is 17.6 Å². The maximum Gasteiger partial charge on any atom is 0.242 e. The Morgan fingerprint density at radius 3 is 1.55 bits per heavy atom. The molecule has 4 aliphatic carbocycles. The van der Waals surface area contributed by atoms with Crippen molar-refractivity contribution < 1.29 is 32.6 Å². The van der Waals surface area contributed by atoms with E-state index in [1.54, 1.807) is 19.9 Å². The predicted octanol–water partition coefficient (Wildman–Crippen LogP) is 15.8. The maximum absolute atomic E-state index is 14.3. The van der Waals surface area contributed by atoms with E-state index in [1.807, 2.05) is 6.07 Å². The van der Waals surface area contributed by atoms with E-state index in [0.717, 1.165) is 94.6 Å². The first kappa shape index (κ1) is 71.9. The molecule has 3 spiro atoms. The van der Waals surface area contributed by atoms with Gasteiger partial charge in [-0.3, -0.25) is 24.0 Å². The van der Waals surface area contributed by atoms with Crippen LogP contribution in [0.4, 0.5) is 4.39 Å². The fourth-order valence-corrected chi connectivity index (χ4v) is 17.0. The van der Waals surface area contributed by atoms with Gasteiger partial charge in [-0.1, -0.05) is 124 Å². The lowest BCUT2D eigenvalue weighted by Gasteiger charge is -2.49. The van der Waals surface area contributed by atoms with Crippen molar-refractivity contribution in [3.05, 3.63) is 106 Å². The number of hydrogen-bond donors (Lipinski definition) is 3. The molecular formula is C78H126FN7O5. The molecule has 6 atom stereocenters. The molecule has 3 aliphatic heterocycles. The Morgan fingerprint density at radius 1 is 0.593 bits per heavy atom. The van der Waals surface area contributed by atoms with E-state index in [1.165, 1.54) is 132 Å². The van der Waals surface area contributed by atoms with E-state index in [2.05, 4.69) is 160 Å². The Kier molecular flexibility index (Phi) is 24.2. The van der Waals surface area contributed by atoms with Crippen LogP contribution in [0.5, 0.6) is 0 Å². The molecule has 4 amide bonds. The molecule has 12 nitrogen and oxygen atoms in total. The minimum absolute atomic E-state index is 0. The molecule has 91 heavy (non-hydrogen) atoms. The van der Waals surface area contributed by atoms with E-state index >= 15 is 0 Å². The van der Waals surface area contributed by atoms with Crippen molar-refractivity contribution in [1.29, 1.82) is 0 Å². The van der Waals surface area contributed by atoms with Crippen LogP contribution in [0.15, 0.2) is 66.7 Å². The van der Waals surface area contributed by atoms with Crippen molar-refractivity contribution >= 4 is 29.4 Å². The summed E-state index contributed by atoms with van der Waals surface area (Å²) in [6.45, 7) is 41.2. The lowest BCUT2D eigenvalue weighted by atomic mass is 9.63. The molecule has 3 aromatic rings. The first-order valence-electron chi connectivity index (χ1n) is 35.7. The zero-order valence-electron chi connectivity index (χ0n) is 59.0. The van der Waals surface area contributed by atoms with E-state index < -0.39 is 6.04 Å². The zero-order chi connectivity index (χ0) is 66.1. The summed E-state index contributed by atoms with van der Waals surface area (Å²) in [5.74, 6) is 0.573. The van der Waals surface area contributed by atoms with Gasteiger partial charge in [-0.25, -0.2) is 4.39 Å². The zero-order valence-corrected chi connectivity index (χ0v) is 59.0. The molecule has 510 valence electrons. The summed E-state index contributed by atoms with van der Waals surface area (Å²) in [7, 11) is 0. The smallest absolute Gasteiger partial charge is 0.242 e. The van der Waals surface area contributed by atoms with Gasteiger partial charge in [-0.15, -0.1) is 0 Å². The van der Waals surface area contributed by atoms with Crippen molar-refractivity contribution in [3.8, 4) is 0 Å². The SMILES string of the molecule is CC(=O)N[C@@H](C)C(=O)N[C@H]1CCC2(CCN(CCC(C)(C)C)CC2)c2cc(F)ccc21.CC(=O)N[C@H]1CCC2(CCN(CCC(C)CC(C)(C)C)CC2)c2ccccc21.CCN(C(=O)C1CCC(=O)C1)[C@H]1CCC2(CCN(CCC(C)(C)C)CC2)c2ccccc21.[HH].[HH].[HH]. The second-order valence-electron chi connectivity index (χ2n) is 33.0. The molecular weight excluding hydrogens is 1130 g/mol. The molecule has 3 aromatic carbocycles. The Labute approximate surface area is 554 Å². The van der Waals surface area contributed by atoms with Gasteiger partial charge in [-0.2, -0.15) is 0 Å². The number of fused-ring (bicyclic) bond motifs is 6. The fourth-order valence-electron chi connectivity index (χ4n) is 17.0. The van der Waals surface area contributed by atoms with Crippen LogP contribution in [0, 0.1) is 33.9 Å². The third kappa shape index (κ3) is 19.1. The van der Waals surface area contributed by atoms with Crippen LogP contribution in [0.1, 0.15) is 275 Å². The van der Waals surface area contributed by atoms with Crippen LogP contribution in [0.25, 0.3) is 0 Å². The van der Waals surface area contributed by atoms with Crippen molar-refractivity contribution in [2.45, 2.75) is 259 Å². The number of carbonyl (C=O) groups excluding carboxylic acids is 5. The van der Waals surface area contributed by atoms with Crippen molar-refractivity contribution in [1.82, 2.24) is 35.6 Å². The topological polar surface area (TPSA) is 134 Å². The largest absolute Gasteiger partial charge is 0.350 e. The maximum atomic E-state index is 14.3. The van der Waals surface area contributed by atoms with Gasteiger partial charge in [0.25, 0.3) is 0 Å². The molecule has 1 saturated carbocycles. The number of rotatable bonds is 15. The third-order valence-electron chi connectivity index (χ3n) is 22.3. The normalized spacial score (nSPS) is 23.7. The van der Waals surface area contributed by atoms with Crippen LogP contribution >= 0.6 is 0 Å². The van der Waals surface area contributed by atoms with Crippen LogP contribution in [0.3, 0.4) is 0 Å². The van der Waals surface area contributed by atoms with E-state index in [-0.39, 0.29) is 74.4 Å². The number of piperidine rings is 3. The average molecular weight is 1260 g/mol. The average Bonchev–Trinajstić information content (AvgIpc) is 0.788. The highest BCUT2D eigenvalue weighted by Crippen LogP contribution is 2.52. The highest BCUT2D eigenvalue weighted by Gasteiger charge is 2.47. The molecule has 2 unspecified atom stereocenters. The molecule has 4 fully saturated rings. The lowest BCUT2D eigenvalue weighted by molar-refractivity contribution is -0.139. The molecule has 3 heterocycles. The minimum atomic E-state index is -0.594. The molecule has 3 N–H and O–H groups in total. The minimum Gasteiger partial charge on any atom is -0.350 e. The van der Waals surface area contributed by atoms with Gasteiger partial charge >= 0.3 is 0 Å². The van der Waals surface area contributed by atoms with Gasteiger partial charge in [0.15, 0.2) is 0 Å². The van der Waals surface area contributed by atoms with Crippen LogP contribution in [0.2, 0.25) is 0 Å². The summed E-state index contributed by atoms with van der Waals surface area (Å²) in [5, 5.41) is 8.88. The summed E-state index contributed by atoms with van der Waals surface area (Å²) in [5.41, 5.74) is 9.51. The number of Topliss-reactive ketones (excluding diaryl/α,β-unsaturated/α-hetero) is 1. The van der Waals surface area contributed by atoms with Crippen molar-refractivity contribution in [2.24, 2.45) is 28.1 Å². The molecule has 13 heteroatoms. The summed E-state index contributed by atoms with van der Waals surface area (Å²) in [6, 6.07) is 22.4. The fraction of sp³-hybridized carbons (Fsp3) is 0.705. The number of ketones is 1. The van der Waals surface area contributed by atoms with Gasteiger partial charge in [-0.05, 0) is 266 Å². The van der Waals surface area contributed by atoms with E-state index in [9.17, 15) is 28.4 Å². The lowest BCUT2D eigenvalue weighted by Crippen LogP contribution is -2.49. The summed E-state index contributed by atoms with van der Waals surface area (Å²) in [4.78, 5) is 70.6. The van der Waals surface area contributed by atoms with Crippen LogP contribution in [-0.4, -0.2) is 121 Å². The molecule has 0 aromatic heterocycles. The number of nitrogens with one attached hydrogen (secondary N) is 3. The number of likely N-dealkylation sites (tertiary alicyclic amines) is 3. The molecule has 0 radical (unpaired) electrons. The molecule has 0 bridgehead atoms. The number of carbonyl (C=O) groups is 5. The number of amides is 4. The van der Waals surface area contributed by atoms with Gasteiger partial charge in [0, 0.05) is 43.4 Å². The molecule has 7 aliphatic rings. The predicted molar refractivity (Wildman–Crippen MR) is 375 cm³/mol. The Morgan fingerprint density at radius 2 is 1.07 bits per heavy atom. The standard InChI is InChI=1S/C28H42N2O2.C25H38FN3O2.C25H40N2O.3H2/c1-5-30(26(32)21-10-11-22(31)20-21)25-12-13-28(24-9-7-6-8-23(24)25)15-18-29(19-16-28)17-14-27(2,3)4;1-17(27-18(2)30)23(31)28-22-8-9-25(21-16-19(26)6-7-20(21)22)11-14-29(15-12-25)13-10-24(3,4)5;1-19(18-24(3,4)5)11-15-27-16-13-25(14-17-27)12-10-23(26-20(2)28)21-8-6-7-9-22(21)25;;;/h6-9,21,25H,5,10-20H2,1-4H3;6-7,16-17,22H,8-15H2,1-5H3,(H,27,30)(H,28,31);6-9,19,23H,10-18H2,1-5H3,(H,26,28);3*1H/t21?,25-;17-,22-;19?,23-;;;/m000.../s1. The summed E-state index contributed by atoms with van der Waals surface area (Å²) < 4.78 is 14.3. The molecule has 10 rings (SSSR count). The first-order valence-corrected chi connectivity index (χ1v) is 35.7. The van der Waals surface area contributed by atoms with Gasteiger partial charge < -0.3 is 35.6 Å². The number of halogens is 1. The van der Waals surface area contributed by atoms with E-state index in [4.69, 9.17) is 0 Å². The molecule has 3 saturated heterocycles. The number of nitrogens with zero attached hydrogens (tertiary/aromatic N) is 4. The number of hydrogen-bond acceptors (Lipinski definition) is 8. The van der Waals surface area contributed by atoms with Crippen molar-refractivity contribution in [2.75, 3.05) is 65.4 Å². The summed E-state index contributed by atoms with van der Waals surface area (Å²) in [6.07, 6.45) is 20.0. The van der Waals surface area contributed by atoms with Gasteiger partial charge in [0.2, 0.25) is 23.6 Å². The second-order valence-corrected chi connectivity index (χ2v) is 33.0. The Hall–Kier alpha value is -4.98. The highest BCUT2D eigenvalue weighted by molar-refractivity contribution is 5.90. The monoisotopic (exact) mass is 1260 g/mol. The van der Waals surface area contributed by atoms with Crippen LogP contribution < -0.4 is 16.0 Å². The number of benzene rings is 3. The van der Waals surface area contributed by atoms with E-state index in [0.29, 0.717) is 34.5 Å². The van der Waals surface area contributed by atoms with Gasteiger partial charge in [0.05, 0.1) is 18.1 Å². The highest BCUT2D eigenvalue weighted by atomic mass is 19.1.